The quantitative estimate of drug-likeness (QED) is 0.0982. The number of hydrogen-bond acceptors (Lipinski definition) is 8. The second-order valence-corrected chi connectivity index (χ2v) is 10.7. The average Bonchev–Trinajstić information content (AvgIpc) is 3.00. The van der Waals surface area contributed by atoms with Crippen LogP contribution in [0.5, 0.6) is 0 Å². The highest BCUT2D eigenvalue weighted by molar-refractivity contribution is 7.39. The largest absolute Gasteiger partial charge is 0.364 e. The molecular formula is C31H34O8P2. The Balaban J connectivity index is 2.01. The molecule has 4 aromatic rings. The van der Waals surface area contributed by atoms with Crippen LogP contribution >= 0.6 is 17.2 Å². The van der Waals surface area contributed by atoms with Gasteiger partial charge in [0.2, 0.25) is 0 Å². The molecule has 4 aromatic carbocycles. The number of rotatable bonds is 16. The first kappa shape index (κ1) is 31.4. The van der Waals surface area contributed by atoms with Crippen LogP contribution < -0.4 is 0 Å². The molecule has 0 spiro atoms. The third kappa shape index (κ3) is 7.83. The van der Waals surface area contributed by atoms with Crippen molar-refractivity contribution in [1.82, 2.24) is 0 Å². The fraction of sp³-hybridized carbons (Fsp3) is 0.226. The maximum absolute atomic E-state index is 9.40. The lowest BCUT2D eigenvalue weighted by Gasteiger charge is -2.51. The van der Waals surface area contributed by atoms with Crippen molar-refractivity contribution in [3.05, 3.63) is 144 Å². The molecule has 0 fully saturated rings. The van der Waals surface area contributed by atoms with Crippen LogP contribution in [-0.2, 0) is 36.1 Å². The van der Waals surface area contributed by atoms with Gasteiger partial charge >= 0.3 is 17.2 Å². The normalized spacial score (nSPS) is 13.4. The molecule has 0 amide bonds. The molecule has 4 N–H and O–H groups in total. The topological polar surface area (TPSA) is 118 Å². The second kappa shape index (κ2) is 15.6. The van der Waals surface area contributed by atoms with Gasteiger partial charge in [-0.15, -0.1) is 0 Å². The van der Waals surface area contributed by atoms with Crippen LogP contribution in [0, 0.1) is 0 Å². The van der Waals surface area contributed by atoms with Crippen molar-refractivity contribution in [3.8, 4) is 0 Å². The SMILES string of the molecule is OP(O)OCCOC(Cc1ccccc1)(c1ccccc1)C(OCCOP(O)O)(c1ccccc1)c1ccccc1. The Morgan fingerprint density at radius 2 is 0.854 bits per heavy atom. The smallest absolute Gasteiger partial charge is 0.327 e. The molecule has 0 heterocycles. The highest BCUT2D eigenvalue weighted by Gasteiger charge is 2.57. The van der Waals surface area contributed by atoms with Crippen molar-refractivity contribution >= 4 is 17.2 Å². The molecular weight excluding hydrogens is 562 g/mol. The second-order valence-electron chi connectivity index (χ2n) is 9.14. The van der Waals surface area contributed by atoms with Crippen molar-refractivity contribution < 1.29 is 38.1 Å². The molecule has 0 aliphatic rings. The Kier molecular flexibility index (Phi) is 11.9. The molecule has 0 saturated carbocycles. The molecule has 0 radical (unpaired) electrons. The summed E-state index contributed by atoms with van der Waals surface area (Å²) in [5, 5.41) is 0. The summed E-state index contributed by atoms with van der Waals surface area (Å²) in [4.78, 5) is 37.6. The van der Waals surface area contributed by atoms with Crippen molar-refractivity contribution in [3.63, 3.8) is 0 Å². The Morgan fingerprint density at radius 1 is 0.463 bits per heavy atom. The molecule has 10 heteroatoms. The lowest BCUT2D eigenvalue weighted by molar-refractivity contribution is -0.208. The minimum atomic E-state index is -2.56. The summed E-state index contributed by atoms with van der Waals surface area (Å²) < 4.78 is 24.1. The van der Waals surface area contributed by atoms with E-state index < -0.39 is 28.4 Å². The van der Waals surface area contributed by atoms with Gasteiger partial charge in [-0.2, -0.15) is 0 Å². The van der Waals surface area contributed by atoms with Gasteiger partial charge in [-0.3, -0.25) is 0 Å². The molecule has 1 atom stereocenters. The van der Waals surface area contributed by atoms with E-state index in [9.17, 15) is 19.6 Å². The third-order valence-corrected chi connectivity index (χ3v) is 7.54. The van der Waals surface area contributed by atoms with Crippen molar-refractivity contribution in [2.45, 2.75) is 17.6 Å². The first-order chi connectivity index (χ1) is 20.0. The fourth-order valence-corrected chi connectivity index (χ4v) is 5.64. The van der Waals surface area contributed by atoms with Crippen LogP contribution in [-0.4, -0.2) is 46.0 Å². The molecule has 216 valence electrons. The van der Waals surface area contributed by atoms with Crippen LogP contribution in [0.2, 0.25) is 0 Å². The molecule has 1 unspecified atom stereocenters. The zero-order valence-corrected chi connectivity index (χ0v) is 24.2. The summed E-state index contributed by atoms with van der Waals surface area (Å²) in [5.74, 6) is 0. The zero-order chi connectivity index (χ0) is 29.0. The van der Waals surface area contributed by atoms with E-state index in [2.05, 4.69) is 0 Å². The molecule has 0 bridgehead atoms. The van der Waals surface area contributed by atoms with Crippen LogP contribution in [0.4, 0.5) is 0 Å². The minimum Gasteiger partial charge on any atom is -0.364 e. The fourth-order valence-electron chi connectivity index (χ4n) is 5.17. The van der Waals surface area contributed by atoms with Gasteiger partial charge in [-0.05, 0) is 22.3 Å². The van der Waals surface area contributed by atoms with Crippen molar-refractivity contribution in [2.24, 2.45) is 0 Å². The van der Waals surface area contributed by atoms with E-state index in [0.717, 1.165) is 22.3 Å². The maximum atomic E-state index is 9.40. The average molecular weight is 597 g/mol. The van der Waals surface area contributed by atoms with Gasteiger partial charge in [0.25, 0.3) is 0 Å². The number of ether oxygens (including phenoxy) is 2. The molecule has 4 rings (SSSR count). The first-order valence-electron chi connectivity index (χ1n) is 13.1. The van der Waals surface area contributed by atoms with E-state index in [1.807, 2.05) is 121 Å². The van der Waals surface area contributed by atoms with Crippen molar-refractivity contribution in [2.75, 3.05) is 26.4 Å². The molecule has 0 aromatic heterocycles. The lowest BCUT2D eigenvalue weighted by Crippen LogP contribution is -2.56. The highest BCUT2D eigenvalue weighted by atomic mass is 31.2. The molecule has 8 nitrogen and oxygen atoms in total. The Bertz CT molecular complexity index is 1240. The maximum Gasteiger partial charge on any atom is 0.327 e. The van der Waals surface area contributed by atoms with Crippen LogP contribution in [0.1, 0.15) is 22.3 Å². The molecule has 0 aliphatic heterocycles. The molecule has 0 aliphatic carbocycles. The minimum absolute atomic E-state index is 0.00551. The first-order valence-corrected chi connectivity index (χ1v) is 15.4. The van der Waals surface area contributed by atoms with Crippen LogP contribution in [0.15, 0.2) is 121 Å². The Hall–Kier alpha value is -2.58. The molecule has 0 saturated heterocycles. The number of hydrogen-bond donors (Lipinski definition) is 4. The Morgan fingerprint density at radius 3 is 1.29 bits per heavy atom. The van der Waals surface area contributed by atoms with Gasteiger partial charge in [0, 0.05) is 6.42 Å². The van der Waals surface area contributed by atoms with E-state index >= 15 is 0 Å². The van der Waals surface area contributed by atoms with E-state index in [-0.39, 0.29) is 26.4 Å². The predicted octanol–water partition coefficient (Wildman–Crippen LogP) is 5.56. The van der Waals surface area contributed by atoms with Crippen molar-refractivity contribution in [1.29, 1.82) is 0 Å². The Labute approximate surface area is 242 Å². The van der Waals surface area contributed by atoms with Gasteiger partial charge in [-0.1, -0.05) is 121 Å². The summed E-state index contributed by atoms with van der Waals surface area (Å²) in [6.45, 7) is -0.115. The summed E-state index contributed by atoms with van der Waals surface area (Å²) in [6.07, 6.45) is 0.363. The van der Waals surface area contributed by atoms with Crippen LogP contribution in [0.25, 0.3) is 0 Å². The van der Waals surface area contributed by atoms with E-state index in [1.165, 1.54) is 0 Å². The summed E-state index contributed by atoms with van der Waals surface area (Å²) >= 11 is 0. The van der Waals surface area contributed by atoms with Gasteiger partial charge in [0.15, 0.2) is 5.60 Å². The van der Waals surface area contributed by atoms with Gasteiger partial charge in [0.1, 0.15) is 5.60 Å². The van der Waals surface area contributed by atoms with E-state index in [1.54, 1.807) is 0 Å². The monoisotopic (exact) mass is 596 g/mol. The van der Waals surface area contributed by atoms with Gasteiger partial charge in [0.05, 0.1) is 26.4 Å². The zero-order valence-electron chi connectivity index (χ0n) is 22.4. The third-order valence-electron chi connectivity index (χ3n) is 6.71. The van der Waals surface area contributed by atoms with Crippen LogP contribution in [0.3, 0.4) is 0 Å². The van der Waals surface area contributed by atoms with Gasteiger partial charge < -0.3 is 38.1 Å². The predicted molar refractivity (Wildman–Crippen MR) is 158 cm³/mol. The van der Waals surface area contributed by atoms with E-state index in [4.69, 9.17) is 18.5 Å². The summed E-state index contributed by atoms with van der Waals surface area (Å²) in [7, 11) is -5.12. The summed E-state index contributed by atoms with van der Waals surface area (Å²) in [6, 6.07) is 39.1. The van der Waals surface area contributed by atoms with E-state index in [0.29, 0.717) is 6.42 Å². The highest BCUT2D eigenvalue weighted by Crippen LogP contribution is 2.53. The summed E-state index contributed by atoms with van der Waals surface area (Å²) in [5.41, 5.74) is 0.863. The number of benzene rings is 4. The standard InChI is InChI=1S/C31H34O8P2/c32-40(33)38-23-21-36-30(27-15-7-2-8-16-27,25-26-13-5-1-6-14-26)31(28-17-9-3-10-18-28,29-19-11-4-12-20-29)37-22-24-39-41(34)35/h1-20,32-35H,21-25H2. The lowest BCUT2D eigenvalue weighted by atomic mass is 9.66. The molecule has 41 heavy (non-hydrogen) atoms. The van der Waals surface area contributed by atoms with Gasteiger partial charge in [-0.25, -0.2) is 0 Å².